The number of aliphatic hydroxyl groups is 1. The number of rotatable bonds is 2. The third-order valence-corrected chi connectivity index (χ3v) is 4.01. The smallest absolute Gasteiger partial charge is 0.114 e. The van der Waals surface area contributed by atoms with E-state index in [1.165, 1.54) is 4.88 Å². The Morgan fingerprint density at radius 1 is 1.18 bits per heavy atom. The Bertz CT molecular complexity index is 653. The normalized spacial score (nSPS) is 13.1. The van der Waals surface area contributed by atoms with Crippen LogP contribution in [-0.4, -0.2) is 10.1 Å². The van der Waals surface area contributed by atoms with Gasteiger partial charge >= 0.3 is 0 Å². The van der Waals surface area contributed by atoms with Crippen LogP contribution in [0.1, 0.15) is 21.4 Å². The highest BCUT2D eigenvalue weighted by molar-refractivity contribution is 7.12. The van der Waals surface area contributed by atoms with Gasteiger partial charge in [0.25, 0.3) is 0 Å². The van der Waals surface area contributed by atoms with Crippen molar-refractivity contribution in [1.29, 1.82) is 0 Å². The molecule has 0 spiro atoms. The van der Waals surface area contributed by atoms with Crippen molar-refractivity contribution in [2.24, 2.45) is 0 Å². The van der Waals surface area contributed by atoms with Crippen molar-refractivity contribution >= 4 is 22.2 Å². The molecule has 3 rings (SSSR count). The van der Waals surface area contributed by atoms with Gasteiger partial charge in [0.1, 0.15) is 6.10 Å². The lowest BCUT2D eigenvalue weighted by Gasteiger charge is -2.10. The highest BCUT2D eigenvalue weighted by Gasteiger charge is 2.15. The summed E-state index contributed by atoms with van der Waals surface area (Å²) in [5, 5.41) is 11.5. The number of aromatic nitrogens is 1. The largest absolute Gasteiger partial charge is 0.383 e. The number of hydrogen-bond donors (Lipinski definition) is 2. The van der Waals surface area contributed by atoms with Crippen LogP contribution < -0.4 is 0 Å². The van der Waals surface area contributed by atoms with Gasteiger partial charge in [-0.05, 0) is 36.8 Å². The van der Waals surface area contributed by atoms with Crippen molar-refractivity contribution < 1.29 is 5.11 Å². The van der Waals surface area contributed by atoms with Gasteiger partial charge in [0.15, 0.2) is 0 Å². The van der Waals surface area contributed by atoms with Crippen molar-refractivity contribution in [3.8, 4) is 0 Å². The molecule has 3 heteroatoms. The lowest BCUT2D eigenvalue weighted by atomic mass is 10.0. The van der Waals surface area contributed by atoms with Gasteiger partial charge in [-0.25, -0.2) is 0 Å². The van der Waals surface area contributed by atoms with Gasteiger partial charge in [-0.3, -0.25) is 0 Å². The molecule has 1 atom stereocenters. The fourth-order valence-electron chi connectivity index (χ4n) is 2.10. The molecule has 2 heterocycles. The minimum Gasteiger partial charge on any atom is -0.383 e. The molecular weight excluding hydrogens is 230 g/mol. The summed E-state index contributed by atoms with van der Waals surface area (Å²) in [6.07, 6.45) is 1.37. The molecule has 1 unspecified atom stereocenters. The molecule has 0 aliphatic heterocycles. The third kappa shape index (κ3) is 1.77. The lowest BCUT2D eigenvalue weighted by Crippen LogP contribution is -1.97. The van der Waals surface area contributed by atoms with Gasteiger partial charge in [-0.2, -0.15) is 0 Å². The fraction of sp³-hybridized carbons (Fsp3) is 0.143. The van der Waals surface area contributed by atoms with Gasteiger partial charge in [-0.1, -0.05) is 12.1 Å². The van der Waals surface area contributed by atoms with Crippen molar-refractivity contribution in [1.82, 2.24) is 4.98 Å². The molecule has 0 amide bonds. The average Bonchev–Trinajstić information content (AvgIpc) is 2.95. The number of benzene rings is 1. The average molecular weight is 243 g/mol. The molecular formula is C14H13NOS. The van der Waals surface area contributed by atoms with Gasteiger partial charge < -0.3 is 10.1 Å². The van der Waals surface area contributed by atoms with Gasteiger partial charge in [0.05, 0.1) is 0 Å². The zero-order valence-electron chi connectivity index (χ0n) is 9.47. The minimum atomic E-state index is -0.534. The predicted molar refractivity (Wildman–Crippen MR) is 71.4 cm³/mol. The van der Waals surface area contributed by atoms with Gasteiger partial charge in [0.2, 0.25) is 0 Å². The van der Waals surface area contributed by atoms with Crippen LogP contribution in [0.5, 0.6) is 0 Å². The van der Waals surface area contributed by atoms with E-state index in [0.29, 0.717) is 0 Å². The molecule has 2 aromatic heterocycles. The molecule has 86 valence electrons. The number of fused-ring (bicyclic) bond motifs is 1. The van der Waals surface area contributed by atoms with E-state index in [1.807, 2.05) is 42.6 Å². The highest BCUT2D eigenvalue weighted by atomic mass is 32.1. The molecule has 0 bridgehead atoms. The molecule has 2 nitrogen and oxygen atoms in total. The molecule has 17 heavy (non-hydrogen) atoms. The number of aryl methyl sites for hydroxylation is 1. The van der Waals surface area contributed by atoms with E-state index in [0.717, 1.165) is 21.3 Å². The first-order valence-electron chi connectivity index (χ1n) is 5.56. The summed E-state index contributed by atoms with van der Waals surface area (Å²) in [7, 11) is 0. The molecule has 0 aliphatic rings. The standard InChI is InChI=1S/C14H13NOS/c1-9-5-6-13(17-9)14(16)11-3-2-4-12-10(11)7-8-15-12/h2-8,14-16H,1H3. The van der Waals surface area contributed by atoms with Crippen LogP contribution in [0, 0.1) is 6.92 Å². The van der Waals surface area contributed by atoms with Crippen LogP contribution in [0.15, 0.2) is 42.6 Å². The Labute approximate surface area is 104 Å². The summed E-state index contributed by atoms with van der Waals surface area (Å²) >= 11 is 1.64. The molecule has 0 fully saturated rings. The zero-order chi connectivity index (χ0) is 11.8. The monoisotopic (exact) mass is 243 g/mol. The molecule has 0 radical (unpaired) electrons. The maximum Gasteiger partial charge on any atom is 0.114 e. The highest BCUT2D eigenvalue weighted by Crippen LogP contribution is 2.32. The number of hydrogen-bond acceptors (Lipinski definition) is 2. The van der Waals surface area contributed by atoms with Crippen LogP contribution >= 0.6 is 11.3 Å². The van der Waals surface area contributed by atoms with Gasteiger partial charge in [-0.15, -0.1) is 11.3 Å². The van der Waals surface area contributed by atoms with E-state index in [1.54, 1.807) is 11.3 Å². The quantitative estimate of drug-likeness (QED) is 0.708. The van der Waals surface area contributed by atoms with Crippen LogP contribution in [0.4, 0.5) is 0 Å². The van der Waals surface area contributed by atoms with Crippen LogP contribution in [0.25, 0.3) is 10.9 Å². The lowest BCUT2D eigenvalue weighted by molar-refractivity contribution is 0.226. The number of nitrogens with one attached hydrogen (secondary N) is 1. The van der Waals surface area contributed by atoms with E-state index in [4.69, 9.17) is 0 Å². The Morgan fingerprint density at radius 2 is 2.06 bits per heavy atom. The first kappa shape index (κ1) is 10.6. The molecule has 0 saturated heterocycles. The van der Waals surface area contributed by atoms with Crippen LogP contribution in [-0.2, 0) is 0 Å². The summed E-state index contributed by atoms with van der Waals surface area (Å²) in [6, 6.07) is 12.0. The number of aromatic amines is 1. The number of aliphatic hydroxyl groups excluding tert-OH is 1. The van der Waals surface area contributed by atoms with E-state index in [9.17, 15) is 5.11 Å². The van der Waals surface area contributed by atoms with Crippen molar-refractivity contribution in [2.45, 2.75) is 13.0 Å². The van der Waals surface area contributed by atoms with E-state index in [2.05, 4.69) is 11.9 Å². The predicted octanol–water partition coefficient (Wildman–Crippen LogP) is 3.62. The molecule has 0 aliphatic carbocycles. The second-order valence-electron chi connectivity index (χ2n) is 4.14. The summed E-state index contributed by atoms with van der Waals surface area (Å²) in [4.78, 5) is 5.38. The maximum atomic E-state index is 10.4. The Balaban J connectivity index is 2.12. The van der Waals surface area contributed by atoms with Crippen LogP contribution in [0.3, 0.4) is 0 Å². The molecule has 2 N–H and O–H groups in total. The summed E-state index contributed by atoms with van der Waals surface area (Å²) in [5.41, 5.74) is 2.03. The Morgan fingerprint density at radius 3 is 2.82 bits per heavy atom. The SMILES string of the molecule is Cc1ccc(C(O)c2cccc3[nH]ccc23)s1. The van der Waals surface area contributed by atoms with Crippen molar-refractivity contribution in [2.75, 3.05) is 0 Å². The first-order valence-corrected chi connectivity index (χ1v) is 6.38. The third-order valence-electron chi connectivity index (χ3n) is 2.95. The van der Waals surface area contributed by atoms with Crippen molar-refractivity contribution in [3.63, 3.8) is 0 Å². The second kappa shape index (κ2) is 4.02. The fourth-order valence-corrected chi connectivity index (χ4v) is 2.98. The first-order chi connectivity index (χ1) is 8.25. The van der Waals surface area contributed by atoms with Crippen molar-refractivity contribution in [3.05, 3.63) is 57.9 Å². The Hall–Kier alpha value is -1.58. The van der Waals surface area contributed by atoms with E-state index in [-0.39, 0.29) is 0 Å². The molecule has 1 aromatic carbocycles. The topological polar surface area (TPSA) is 36.0 Å². The molecule has 0 saturated carbocycles. The van der Waals surface area contributed by atoms with E-state index >= 15 is 0 Å². The second-order valence-corrected chi connectivity index (χ2v) is 5.46. The van der Waals surface area contributed by atoms with Crippen LogP contribution in [0.2, 0.25) is 0 Å². The zero-order valence-corrected chi connectivity index (χ0v) is 10.3. The van der Waals surface area contributed by atoms with E-state index < -0.39 is 6.10 Å². The summed E-state index contributed by atoms with van der Waals surface area (Å²) < 4.78 is 0. The maximum absolute atomic E-state index is 10.4. The summed E-state index contributed by atoms with van der Waals surface area (Å²) in [5.74, 6) is 0. The van der Waals surface area contributed by atoms with Gasteiger partial charge in [0, 0.05) is 26.9 Å². The minimum absolute atomic E-state index is 0.534. The molecule has 3 aromatic rings. The summed E-state index contributed by atoms with van der Waals surface area (Å²) in [6.45, 7) is 2.05. The Kier molecular flexibility index (Phi) is 2.50. The number of thiophene rings is 1. The number of H-pyrrole nitrogens is 1.